The van der Waals surface area contributed by atoms with Crippen molar-refractivity contribution in [2.45, 2.75) is 34.2 Å². The van der Waals surface area contributed by atoms with Crippen LogP contribution in [0.15, 0.2) is 29.3 Å². The van der Waals surface area contributed by atoms with Crippen LogP contribution in [-0.2, 0) is 11.3 Å². The molecule has 1 aliphatic heterocycles. The minimum Gasteiger partial charge on any atom is -0.493 e. The molecule has 0 unspecified atom stereocenters. The van der Waals surface area contributed by atoms with Crippen LogP contribution in [0.5, 0.6) is 5.75 Å². The summed E-state index contributed by atoms with van der Waals surface area (Å²) in [6.07, 6.45) is 0. The van der Waals surface area contributed by atoms with Gasteiger partial charge in [-0.3, -0.25) is 4.79 Å². The number of benzene rings is 1. The smallest absolute Gasteiger partial charge is 0.219 e. The number of nitrogens with zero attached hydrogens (tertiary/aromatic N) is 3. The lowest BCUT2D eigenvalue weighted by molar-refractivity contribution is -0.130. The van der Waals surface area contributed by atoms with E-state index >= 15 is 0 Å². The van der Waals surface area contributed by atoms with Crippen LogP contribution in [0.3, 0.4) is 0 Å². The average Bonchev–Trinajstić information content (AvgIpc) is 2.64. The van der Waals surface area contributed by atoms with Crippen molar-refractivity contribution in [1.82, 2.24) is 15.1 Å². The maximum atomic E-state index is 11.5. The van der Waals surface area contributed by atoms with Crippen molar-refractivity contribution in [3.05, 3.63) is 29.8 Å². The molecule has 0 bridgehead atoms. The third-order valence-corrected chi connectivity index (χ3v) is 4.28. The summed E-state index contributed by atoms with van der Waals surface area (Å²) in [7, 11) is 0. The zero-order valence-electron chi connectivity index (χ0n) is 16.5. The normalized spacial score (nSPS) is 15.3. The number of carbonyl (C=O) groups is 1. The van der Waals surface area contributed by atoms with Crippen molar-refractivity contribution in [1.29, 1.82) is 0 Å². The molecule has 1 amide bonds. The molecule has 0 spiro atoms. The highest BCUT2D eigenvalue weighted by Crippen LogP contribution is 2.14. The first-order valence-corrected chi connectivity index (χ1v) is 9.50. The lowest BCUT2D eigenvalue weighted by Gasteiger charge is -2.36. The standard InChI is InChI=1S/C20H32N4O2/c1-5-21-20(24-12-10-23(11-13-24)17(4)25)22-14-18-6-8-19(9-7-18)26-15-16(2)3/h6-9,16H,5,10-15H2,1-4H3,(H,21,22). The van der Waals surface area contributed by atoms with E-state index in [1.54, 1.807) is 6.92 Å². The number of rotatable bonds is 6. The minimum absolute atomic E-state index is 0.145. The Hall–Kier alpha value is -2.24. The van der Waals surface area contributed by atoms with Crippen molar-refractivity contribution in [2.24, 2.45) is 10.9 Å². The molecule has 2 rings (SSSR count). The van der Waals surface area contributed by atoms with Crippen molar-refractivity contribution in [2.75, 3.05) is 39.3 Å². The number of ether oxygens (including phenoxy) is 1. The van der Waals surface area contributed by atoms with E-state index in [1.165, 1.54) is 0 Å². The van der Waals surface area contributed by atoms with Gasteiger partial charge in [-0.1, -0.05) is 26.0 Å². The highest BCUT2D eigenvalue weighted by molar-refractivity contribution is 5.80. The molecule has 0 radical (unpaired) electrons. The van der Waals surface area contributed by atoms with Gasteiger partial charge in [-0.25, -0.2) is 4.99 Å². The van der Waals surface area contributed by atoms with Gasteiger partial charge in [-0.05, 0) is 30.5 Å². The zero-order valence-corrected chi connectivity index (χ0v) is 16.5. The summed E-state index contributed by atoms with van der Waals surface area (Å²) in [4.78, 5) is 20.4. The van der Waals surface area contributed by atoms with E-state index in [-0.39, 0.29) is 5.91 Å². The molecule has 1 saturated heterocycles. The topological polar surface area (TPSA) is 57.2 Å². The first kappa shape index (κ1) is 20.1. The quantitative estimate of drug-likeness (QED) is 0.625. The number of hydrogen-bond donors (Lipinski definition) is 1. The second-order valence-electron chi connectivity index (χ2n) is 7.01. The van der Waals surface area contributed by atoms with Crippen LogP contribution < -0.4 is 10.1 Å². The van der Waals surface area contributed by atoms with E-state index in [0.717, 1.165) is 56.6 Å². The first-order valence-electron chi connectivity index (χ1n) is 9.50. The van der Waals surface area contributed by atoms with E-state index in [1.807, 2.05) is 17.0 Å². The Bertz CT molecular complexity index is 590. The molecule has 0 saturated carbocycles. The Labute approximate surface area is 157 Å². The van der Waals surface area contributed by atoms with Gasteiger partial charge in [0.1, 0.15) is 5.75 Å². The highest BCUT2D eigenvalue weighted by Gasteiger charge is 2.20. The number of guanidine groups is 1. The van der Waals surface area contributed by atoms with Crippen LogP contribution >= 0.6 is 0 Å². The molecule has 1 heterocycles. The number of aliphatic imine (C=N–C) groups is 1. The molecule has 0 aliphatic carbocycles. The summed E-state index contributed by atoms with van der Waals surface area (Å²) in [5.41, 5.74) is 1.15. The summed E-state index contributed by atoms with van der Waals surface area (Å²) in [5.74, 6) is 2.48. The van der Waals surface area contributed by atoms with E-state index in [9.17, 15) is 4.79 Å². The third kappa shape index (κ3) is 6.24. The van der Waals surface area contributed by atoms with Crippen LogP contribution in [0.2, 0.25) is 0 Å². The van der Waals surface area contributed by atoms with Crippen molar-refractivity contribution >= 4 is 11.9 Å². The lowest BCUT2D eigenvalue weighted by Crippen LogP contribution is -2.53. The molecular weight excluding hydrogens is 328 g/mol. The maximum Gasteiger partial charge on any atom is 0.219 e. The fraction of sp³-hybridized carbons (Fsp3) is 0.600. The maximum absolute atomic E-state index is 11.5. The number of hydrogen-bond acceptors (Lipinski definition) is 3. The van der Waals surface area contributed by atoms with E-state index in [0.29, 0.717) is 12.5 Å². The van der Waals surface area contributed by atoms with Gasteiger partial charge < -0.3 is 19.9 Å². The van der Waals surface area contributed by atoms with Gasteiger partial charge in [0.25, 0.3) is 0 Å². The zero-order chi connectivity index (χ0) is 18.9. The molecule has 1 aromatic carbocycles. The second kappa shape index (κ2) is 10.0. The predicted molar refractivity (Wildman–Crippen MR) is 105 cm³/mol. The Balaban J connectivity index is 1.93. The molecule has 26 heavy (non-hydrogen) atoms. The predicted octanol–water partition coefficient (Wildman–Crippen LogP) is 2.35. The molecule has 6 nitrogen and oxygen atoms in total. The van der Waals surface area contributed by atoms with E-state index in [2.05, 4.69) is 43.1 Å². The SMILES string of the molecule is CCNC(=NCc1ccc(OCC(C)C)cc1)N1CCN(C(C)=O)CC1. The van der Waals surface area contributed by atoms with Crippen molar-refractivity contribution < 1.29 is 9.53 Å². The van der Waals surface area contributed by atoms with Crippen molar-refractivity contribution in [3.63, 3.8) is 0 Å². The van der Waals surface area contributed by atoms with E-state index < -0.39 is 0 Å². The Morgan fingerprint density at radius 3 is 2.31 bits per heavy atom. The fourth-order valence-electron chi connectivity index (χ4n) is 2.78. The van der Waals surface area contributed by atoms with Gasteiger partial charge in [0.05, 0.1) is 13.2 Å². The van der Waals surface area contributed by atoms with Crippen LogP contribution in [0, 0.1) is 5.92 Å². The monoisotopic (exact) mass is 360 g/mol. The Morgan fingerprint density at radius 2 is 1.77 bits per heavy atom. The van der Waals surface area contributed by atoms with Crippen LogP contribution in [0.25, 0.3) is 0 Å². The number of piperazine rings is 1. The van der Waals surface area contributed by atoms with Gasteiger partial charge in [0, 0.05) is 39.6 Å². The lowest BCUT2D eigenvalue weighted by atomic mass is 10.2. The number of carbonyl (C=O) groups excluding carboxylic acids is 1. The Morgan fingerprint density at radius 1 is 1.15 bits per heavy atom. The number of nitrogens with one attached hydrogen (secondary N) is 1. The number of amides is 1. The summed E-state index contributed by atoms with van der Waals surface area (Å²) in [5, 5.41) is 3.36. The van der Waals surface area contributed by atoms with Crippen LogP contribution in [0.4, 0.5) is 0 Å². The fourth-order valence-corrected chi connectivity index (χ4v) is 2.78. The van der Waals surface area contributed by atoms with Gasteiger partial charge in [0.15, 0.2) is 5.96 Å². The highest BCUT2D eigenvalue weighted by atomic mass is 16.5. The second-order valence-corrected chi connectivity index (χ2v) is 7.01. The molecule has 1 aliphatic rings. The molecule has 1 aromatic rings. The van der Waals surface area contributed by atoms with Crippen LogP contribution in [-0.4, -0.2) is 61.0 Å². The van der Waals surface area contributed by atoms with Gasteiger partial charge in [-0.15, -0.1) is 0 Å². The van der Waals surface area contributed by atoms with Gasteiger partial charge >= 0.3 is 0 Å². The summed E-state index contributed by atoms with van der Waals surface area (Å²) in [6.45, 7) is 13.3. The van der Waals surface area contributed by atoms with Gasteiger partial charge in [0.2, 0.25) is 5.91 Å². The molecule has 1 fully saturated rings. The molecule has 1 N–H and O–H groups in total. The van der Waals surface area contributed by atoms with E-state index in [4.69, 9.17) is 9.73 Å². The first-order chi connectivity index (χ1) is 12.5. The molecule has 0 atom stereocenters. The largest absolute Gasteiger partial charge is 0.493 e. The minimum atomic E-state index is 0.145. The summed E-state index contributed by atoms with van der Waals surface area (Å²) >= 11 is 0. The molecule has 144 valence electrons. The third-order valence-electron chi connectivity index (χ3n) is 4.28. The van der Waals surface area contributed by atoms with Crippen LogP contribution in [0.1, 0.15) is 33.3 Å². The summed E-state index contributed by atoms with van der Waals surface area (Å²) < 4.78 is 5.72. The van der Waals surface area contributed by atoms with Crippen molar-refractivity contribution in [3.8, 4) is 5.75 Å². The summed E-state index contributed by atoms with van der Waals surface area (Å²) in [6, 6.07) is 8.14. The molecule has 6 heteroatoms. The Kier molecular flexibility index (Phi) is 7.75. The molecular formula is C20H32N4O2. The molecule has 0 aromatic heterocycles. The van der Waals surface area contributed by atoms with Gasteiger partial charge in [-0.2, -0.15) is 0 Å². The average molecular weight is 361 g/mol.